The average Bonchev–Trinajstić information content (AvgIpc) is 2.45. The van der Waals surface area contributed by atoms with Crippen LogP contribution in [0.25, 0.3) is 11.1 Å². The second kappa shape index (κ2) is 6.20. The van der Waals surface area contributed by atoms with Crippen LogP contribution in [0.15, 0.2) is 53.4 Å². The summed E-state index contributed by atoms with van der Waals surface area (Å²) in [7, 11) is -3.71. The molecule has 0 saturated carbocycles. The number of unbranched alkanes of at least 4 members (excludes halogenated alkanes) is 1. The molecule has 2 rings (SSSR count). The molecule has 0 aromatic heterocycles. The van der Waals surface area contributed by atoms with Gasteiger partial charge in [-0.3, -0.25) is 0 Å². The van der Waals surface area contributed by atoms with Crippen LogP contribution in [0.5, 0.6) is 0 Å². The first-order valence-electron chi connectivity index (χ1n) is 6.73. The molecule has 106 valence electrons. The van der Waals surface area contributed by atoms with Gasteiger partial charge in [0.25, 0.3) is 0 Å². The lowest BCUT2D eigenvalue weighted by Crippen LogP contribution is -2.13. The first kappa shape index (κ1) is 14.8. The Bertz CT molecular complexity index is 676. The van der Waals surface area contributed by atoms with E-state index in [-0.39, 0.29) is 4.90 Å². The molecular formula is C16H19NO2S. The van der Waals surface area contributed by atoms with Crippen molar-refractivity contribution in [3.05, 3.63) is 54.1 Å². The van der Waals surface area contributed by atoms with Crippen molar-refractivity contribution in [2.45, 2.75) is 31.1 Å². The van der Waals surface area contributed by atoms with E-state index in [1.807, 2.05) is 30.3 Å². The van der Waals surface area contributed by atoms with Gasteiger partial charge < -0.3 is 0 Å². The lowest BCUT2D eigenvalue weighted by atomic mass is 10.0. The number of nitrogens with two attached hydrogens (primary N) is 1. The van der Waals surface area contributed by atoms with Gasteiger partial charge in [-0.2, -0.15) is 0 Å². The van der Waals surface area contributed by atoms with Crippen molar-refractivity contribution in [1.82, 2.24) is 0 Å². The molecule has 0 aliphatic rings. The van der Waals surface area contributed by atoms with Crippen LogP contribution < -0.4 is 5.14 Å². The van der Waals surface area contributed by atoms with Crippen LogP contribution in [-0.4, -0.2) is 8.42 Å². The maximum atomic E-state index is 11.6. The Balaban J connectivity index is 2.38. The maximum Gasteiger partial charge on any atom is 0.238 e. The van der Waals surface area contributed by atoms with Crippen LogP contribution >= 0.6 is 0 Å². The highest BCUT2D eigenvalue weighted by Crippen LogP contribution is 2.26. The Labute approximate surface area is 120 Å². The summed E-state index contributed by atoms with van der Waals surface area (Å²) in [4.78, 5) is 0.168. The molecule has 0 atom stereocenters. The first-order valence-corrected chi connectivity index (χ1v) is 8.28. The quantitative estimate of drug-likeness (QED) is 0.917. The molecule has 0 radical (unpaired) electrons. The van der Waals surface area contributed by atoms with Crippen molar-refractivity contribution in [2.24, 2.45) is 5.14 Å². The SMILES string of the molecule is CCCCc1ccc(-c2ccccc2S(N)(=O)=O)cc1. The van der Waals surface area contributed by atoms with Gasteiger partial charge in [-0.05, 0) is 30.0 Å². The van der Waals surface area contributed by atoms with Crippen molar-refractivity contribution < 1.29 is 8.42 Å². The highest BCUT2D eigenvalue weighted by Gasteiger charge is 2.14. The van der Waals surface area contributed by atoms with Gasteiger partial charge in [-0.1, -0.05) is 55.8 Å². The molecular weight excluding hydrogens is 270 g/mol. The Morgan fingerprint density at radius 3 is 2.25 bits per heavy atom. The molecule has 0 bridgehead atoms. The zero-order valence-electron chi connectivity index (χ0n) is 11.5. The van der Waals surface area contributed by atoms with E-state index in [2.05, 4.69) is 6.92 Å². The second-order valence-corrected chi connectivity index (χ2v) is 6.37. The average molecular weight is 289 g/mol. The fourth-order valence-electron chi connectivity index (χ4n) is 2.19. The molecule has 2 aromatic rings. The van der Waals surface area contributed by atoms with E-state index in [4.69, 9.17) is 5.14 Å². The lowest BCUT2D eigenvalue weighted by Gasteiger charge is -2.08. The van der Waals surface area contributed by atoms with Gasteiger partial charge in [0.15, 0.2) is 0 Å². The summed E-state index contributed by atoms with van der Waals surface area (Å²) in [6, 6.07) is 14.8. The second-order valence-electron chi connectivity index (χ2n) is 4.84. The largest absolute Gasteiger partial charge is 0.238 e. The van der Waals surface area contributed by atoms with Gasteiger partial charge in [-0.15, -0.1) is 0 Å². The Kier molecular flexibility index (Phi) is 4.57. The van der Waals surface area contributed by atoms with E-state index in [1.54, 1.807) is 12.1 Å². The zero-order valence-corrected chi connectivity index (χ0v) is 12.4. The van der Waals surface area contributed by atoms with Gasteiger partial charge >= 0.3 is 0 Å². The number of sulfonamides is 1. The predicted molar refractivity (Wildman–Crippen MR) is 81.9 cm³/mol. The number of hydrogen-bond acceptors (Lipinski definition) is 2. The third-order valence-corrected chi connectivity index (χ3v) is 4.25. The van der Waals surface area contributed by atoms with Crippen LogP contribution in [0, 0.1) is 0 Å². The Hall–Kier alpha value is -1.65. The molecule has 0 amide bonds. The van der Waals surface area contributed by atoms with E-state index in [0.29, 0.717) is 5.56 Å². The molecule has 0 saturated heterocycles. The molecule has 0 spiro atoms. The summed E-state index contributed by atoms with van der Waals surface area (Å²) in [6.45, 7) is 2.16. The smallest absolute Gasteiger partial charge is 0.225 e. The highest BCUT2D eigenvalue weighted by atomic mass is 32.2. The van der Waals surface area contributed by atoms with Crippen molar-refractivity contribution in [1.29, 1.82) is 0 Å². The summed E-state index contributed by atoms with van der Waals surface area (Å²) in [5, 5.41) is 5.26. The van der Waals surface area contributed by atoms with E-state index in [0.717, 1.165) is 24.8 Å². The Morgan fingerprint density at radius 1 is 1.00 bits per heavy atom. The van der Waals surface area contributed by atoms with E-state index < -0.39 is 10.0 Å². The van der Waals surface area contributed by atoms with E-state index in [9.17, 15) is 8.42 Å². The van der Waals surface area contributed by atoms with Gasteiger partial charge in [0.2, 0.25) is 10.0 Å². The molecule has 2 aromatic carbocycles. The van der Waals surface area contributed by atoms with Gasteiger partial charge in [0.05, 0.1) is 4.90 Å². The minimum absolute atomic E-state index is 0.168. The van der Waals surface area contributed by atoms with Crippen LogP contribution in [0.1, 0.15) is 25.3 Å². The molecule has 0 aliphatic carbocycles. The number of aryl methyl sites for hydroxylation is 1. The summed E-state index contributed by atoms with van der Waals surface area (Å²) >= 11 is 0. The lowest BCUT2D eigenvalue weighted by molar-refractivity contribution is 0.598. The molecule has 0 heterocycles. The maximum absolute atomic E-state index is 11.6. The highest BCUT2D eigenvalue weighted by molar-refractivity contribution is 7.89. The molecule has 0 aliphatic heterocycles. The summed E-state index contributed by atoms with van der Waals surface area (Å²) in [5.41, 5.74) is 2.79. The van der Waals surface area contributed by atoms with Gasteiger partial charge in [0.1, 0.15) is 0 Å². The van der Waals surface area contributed by atoms with E-state index >= 15 is 0 Å². The summed E-state index contributed by atoms with van der Waals surface area (Å²) in [5.74, 6) is 0. The number of benzene rings is 2. The number of hydrogen-bond donors (Lipinski definition) is 1. The first-order chi connectivity index (χ1) is 9.52. The summed E-state index contributed by atoms with van der Waals surface area (Å²) < 4.78 is 23.2. The van der Waals surface area contributed by atoms with Crippen LogP contribution in [0.3, 0.4) is 0 Å². The van der Waals surface area contributed by atoms with Crippen LogP contribution in [0.2, 0.25) is 0 Å². The molecule has 0 fully saturated rings. The van der Waals surface area contributed by atoms with Crippen molar-refractivity contribution in [2.75, 3.05) is 0 Å². The van der Waals surface area contributed by atoms with Crippen molar-refractivity contribution in [3.8, 4) is 11.1 Å². The summed E-state index contributed by atoms with van der Waals surface area (Å²) in [6.07, 6.45) is 3.37. The van der Waals surface area contributed by atoms with Crippen LogP contribution in [0.4, 0.5) is 0 Å². The van der Waals surface area contributed by atoms with Crippen molar-refractivity contribution in [3.63, 3.8) is 0 Å². The minimum Gasteiger partial charge on any atom is -0.225 e. The minimum atomic E-state index is -3.71. The Morgan fingerprint density at radius 2 is 1.65 bits per heavy atom. The van der Waals surface area contributed by atoms with Gasteiger partial charge in [0, 0.05) is 5.56 Å². The van der Waals surface area contributed by atoms with Crippen molar-refractivity contribution >= 4 is 10.0 Å². The normalized spacial score (nSPS) is 11.5. The number of rotatable bonds is 5. The predicted octanol–water partition coefficient (Wildman–Crippen LogP) is 3.34. The monoisotopic (exact) mass is 289 g/mol. The number of primary sulfonamides is 1. The third kappa shape index (κ3) is 3.46. The fraction of sp³-hybridized carbons (Fsp3) is 0.250. The van der Waals surface area contributed by atoms with E-state index in [1.165, 1.54) is 11.6 Å². The standard InChI is InChI=1S/C16H19NO2S/c1-2-3-6-13-9-11-14(12-10-13)15-7-4-5-8-16(15)20(17,18)19/h4-5,7-12H,2-3,6H2,1H3,(H2,17,18,19). The topological polar surface area (TPSA) is 60.2 Å². The zero-order chi connectivity index (χ0) is 14.6. The molecule has 0 unspecified atom stereocenters. The molecule has 3 nitrogen and oxygen atoms in total. The van der Waals surface area contributed by atoms with Crippen LogP contribution in [-0.2, 0) is 16.4 Å². The molecule has 2 N–H and O–H groups in total. The fourth-order valence-corrected chi connectivity index (χ4v) is 2.95. The third-order valence-electron chi connectivity index (χ3n) is 3.28. The van der Waals surface area contributed by atoms with Gasteiger partial charge in [-0.25, -0.2) is 13.6 Å². The molecule has 20 heavy (non-hydrogen) atoms. The molecule has 4 heteroatoms.